The lowest BCUT2D eigenvalue weighted by atomic mass is 10.0. The second-order valence-corrected chi connectivity index (χ2v) is 5.35. The molecule has 2 aromatic rings. The molecule has 1 atom stereocenters. The monoisotopic (exact) mass is 291 g/mol. The zero-order valence-electron chi connectivity index (χ0n) is 11.6. The fourth-order valence-corrected chi connectivity index (χ4v) is 2.56. The summed E-state index contributed by atoms with van der Waals surface area (Å²) in [5.41, 5.74) is 2.13. The first kappa shape index (κ1) is 15.0. The summed E-state index contributed by atoms with van der Waals surface area (Å²) in [7, 11) is 0. The van der Waals surface area contributed by atoms with Gasteiger partial charge in [-0.05, 0) is 35.7 Å². The van der Waals surface area contributed by atoms with E-state index >= 15 is 0 Å². The van der Waals surface area contributed by atoms with Crippen LogP contribution in [0.2, 0.25) is 5.02 Å². The van der Waals surface area contributed by atoms with Crippen molar-refractivity contribution in [3.05, 3.63) is 70.5 Å². The van der Waals surface area contributed by atoms with Crippen molar-refractivity contribution in [1.29, 1.82) is 0 Å². The highest BCUT2D eigenvalue weighted by Gasteiger charge is 2.10. The van der Waals surface area contributed by atoms with Crippen molar-refractivity contribution < 1.29 is 4.39 Å². The molecule has 1 N–H and O–H groups in total. The van der Waals surface area contributed by atoms with Crippen LogP contribution in [-0.2, 0) is 6.54 Å². The molecule has 2 aromatic carbocycles. The predicted octanol–water partition coefficient (Wildman–Crippen LogP) is 5.11. The van der Waals surface area contributed by atoms with E-state index in [4.69, 9.17) is 11.6 Å². The van der Waals surface area contributed by atoms with Gasteiger partial charge < -0.3 is 5.32 Å². The van der Waals surface area contributed by atoms with E-state index in [1.54, 1.807) is 6.07 Å². The van der Waals surface area contributed by atoms with Crippen molar-refractivity contribution in [2.45, 2.75) is 32.4 Å². The van der Waals surface area contributed by atoms with Gasteiger partial charge in [-0.15, -0.1) is 0 Å². The summed E-state index contributed by atoms with van der Waals surface area (Å²) in [5.74, 6) is -0.291. The van der Waals surface area contributed by atoms with Crippen LogP contribution in [0.25, 0.3) is 0 Å². The molecule has 0 saturated carbocycles. The standard InChI is InChI=1S/C17H19ClFN/c1-2-6-17(14-7-4-3-5-8-14)20-12-13-9-15(18)11-16(19)10-13/h3-5,7-11,17,20H,2,6,12H2,1H3. The van der Waals surface area contributed by atoms with Gasteiger partial charge in [-0.1, -0.05) is 55.3 Å². The average molecular weight is 292 g/mol. The van der Waals surface area contributed by atoms with Crippen molar-refractivity contribution in [1.82, 2.24) is 5.32 Å². The lowest BCUT2D eigenvalue weighted by Crippen LogP contribution is -2.20. The first-order valence-corrected chi connectivity index (χ1v) is 7.30. The number of hydrogen-bond acceptors (Lipinski definition) is 1. The fourth-order valence-electron chi connectivity index (χ4n) is 2.31. The Bertz CT molecular complexity index is 522. The Balaban J connectivity index is 2.05. The van der Waals surface area contributed by atoms with Gasteiger partial charge >= 0.3 is 0 Å². The summed E-state index contributed by atoms with van der Waals surface area (Å²) in [4.78, 5) is 0. The van der Waals surface area contributed by atoms with Gasteiger partial charge in [-0.25, -0.2) is 4.39 Å². The molecular formula is C17H19ClFN. The number of benzene rings is 2. The molecular weight excluding hydrogens is 273 g/mol. The van der Waals surface area contributed by atoms with Crippen molar-refractivity contribution in [2.75, 3.05) is 0 Å². The Morgan fingerprint density at radius 3 is 2.55 bits per heavy atom. The molecule has 1 nitrogen and oxygen atoms in total. The second-order valence-electron chi connectivity index (χ2n) is 4.91. The zero-order chi connectivity index (χ0) is 14.4. The van der Waals surface area contributed by atoms with Crippen molar-refractivity contribution in [3.63, 3.8) is 0 Å². The molecule has 0 aliphatic carbocycles. The van der Waals surface area contributed by atoms with Gasteiger partial charge in [0.2, 0.25) is 0 Å². The first-order chi connectivity index (χ1) is 9.69. The minimum Gasteiger partial charge on any atom is -0.306 e. The van der Waals surface area contributed by atoms with E-state index in [-0.39, 0.29) is 11.9 Å². The Morgan fingerprint density at radius 2 is 1.90 bits per heavy atom. The molecule has 106 valence electrons. The SMILES string of the molecule is CCCC(NCc1cc(F)cc(Cl)c1)c1ccccc1. The molecule has 0 radical (unpaired) electrons. The maximum atomic E-state index is 13.3. The van der Waals surface area contributed by atoms with Crippen LogP contribution in [0.4, 0.5) is 4.39 Å². The van der Waals surface area contributed by atoms with E-state index in [9.17, 15) is 4.39 Å². The Morgan fingerprint density at radius 1 is 1.15 bits per heavy atom. The number of halogens is 2. The molecule has 0 aliphatic heterocycles. The van der Waals surface area contributed by atoms with Crippen molar-refractivity contribution in [2.24, 2.45) is 0 Å². The van der Waals surface area contributed by atoms with E-state index < -0.39 is 0 Å². The van der Waals surface area contributed by atoms with Gasteiger partial charge in [-0.2, -0.15) is 0 Å². The largest absolute Gasteiger partial charge is 0.306 e. The highest BCUT2D eigenvalue weighted by Crippen LogP contribution is 2.20. The molecule has 0 aromatic heterocycles. The topological polar surface area (TPSA) is 12.0 Å². The van der Waals surface area contributed by atoms with Crippen LogP contribution < -0.4 is 5.32 Å². The summed E-state index contributed by atoms with van der Waals surface area (Å²) >= 11 is 5.88. The number of nitrogens with one attached hydrogen (secondary N) is 1. The van der Waals surface area contributed by atoms with E-state index in [1.807, 2.05) is 18.2 Å². The Labute approximate surface area is 124 Å². The third kappa shape index (κ3) is 4.32. The summed E-state index contributed by atoms with van der Waals surface area (Å²) in [6, 6.07) is 15.3. The van der Waals surface area contributed by atoms with Crippen LogP contribution in [0.15, 0.2) is 48.5 Å². The smallest absolute Gasteiger partial charge is 0.125 e. The van der Waals surface area contributed by atoms with Crippen molar-refractivity contribution >= 4 is 11.6 Å². The first-order valence-electron chi connectivity index (χ1n) is 6.92. The van der Waals surface area contributed by atoms with Crippen LogP contribution in [0.3, 0.4) is 0 Å². The second kappa shape index (κ2) is 7.41. The van der Waals surface area contributed by atoms with Crippen LogP contribution in [-0.4, -0.2) is 0 Å². The molecule has 0 heterocycles. The van der Waals surface area contributed by atoms with Crippen LogP contribution >= 0.6 is 11.6 Å². The highest BCUT2D eigenvalue weighted by molar-refractivity contribution is 6.30. The molecule has 0 fully saturated rings. The number of rotatable bonds is 6. The molecule has 0 saturated heterocycles. The molecule has 2 rings (SSSR count). The van der Waals surface area contributed by atoms with Crippen molar-refractivity contribution in [3.8, 4) is 0 Å². The summed E-state index contributed by atoms with van der Waals surface area (Å²) in [6.07, 6.45) is 2.14. The Hall–Kier alpha value is -1.38. The van der Waals surface area contributed by atoms with Crippen LogP contribution in [0, 0.1) is 5.82 Å². The maximum Gasteiger partial charge on any atom is 0.125 e. The fraction of sp³-hybridized carbons (Fsp3) is 0.294. The molecule has 0 aliphatic rings. The minimum atomic E-state index is -0.291. The van der Waals surface area contributed by atoms with Gasteiger partial charge in [0.15, 0.2) is 0 Å². The number of hydrogen-bond donors (Lipinski definition) is 1. The third-order valence-electron chi connectivity index (χ3n) is 3.25. The molecule has 3 heteroatoms. The van der Waals surface area contributed by atoms with E-state index in [0.717, 1.165) is 18.4 Å². The average Bonchev–Trinajstić information content (AvgIpc) is 2.43. The van der Waals surface area contributed by atoms with Gasteiger partial charge in [0.1, 0.15) is 5.82 Å². The van der Waals surface area contributed by atoms with Gasteiger partial charge in [0.05, 0.1) is 0 Å². The highest BCUT2D eigenvalue weighted by atomic mass is 35.5. The van der Waals surface area contributed by atoms with Crippen LogP contribution in [0.1, 0.15) is 36.9 Å². The van der Waals surface area contributed by atoms with E-state index in [1.165, 1.54) is 17.7 Å². The molecule has 0 amide bonds. The van der Waals surface area contributed by atoms with Gasteiger partial charge in [-0.3, -0.25) is 0 Å². The van der Waals surface area contributed by atoms with Crippen LogP contribution in [0.5, 0.6) is 0 Å². The van der Waals surface area contributed by atoms with E-state index in [0.29, 0.717) is 11.6 Å². The van der Waals surface area contributed by atoms with Gasteiger partial charge in [0, 0.05) is 17.6 Å². The molecule has 0 spiro atoms. The zero-order valence-corrected chi connectivity index (χ0v) is 12.3. The normalized spacial score (nSPS) is 12.3. The Kier molecular flexibility index (Phi) is 5.57. The maximum absolute atomic E-state index is 13.3. The summed E-state index contributed by atoms with van der Waals surface area (Å²) < 4.78 is 13.3. The summed E-state index contributed by atoms with van der Waals surface area (Å²) in [5, 5.41) is 3.92. The predicted molar refractivity (Wildman–Crippen MR) is 82.3 cm³/mol. The molecule has 20 heavy (non-hydrogen) atoms. The lowest BCUT2D eigenvalue weighted by Gasteiger charge is -2.19. The third-order valence-corrected chi connectivity index (χ3v) is 3.47. The lowest BCUT2D eigenvalue weighted by molar-refractivity contribution is 0.492. The quantitative estimate of drug-likeness (QED) is 0.780. The molecule has 0 bridgehead atoms. The minimum absolute atomic E-state index is 0.281. The summed E-state index contributed by atoms with van der Waals surface area (Å²) in [6.45, 7) is 2.77. The molecule has 1 unspecified atom stereocenters. The van der Waals surface area contributed by atoms with Gasteiger partial charge in [0.25, 0.3) is 0 Å². The van der Waals surface area contributed by atoms with E-state index in [2.05, 4.69) is 24.4 Å².